The number of nitriles is 1. The summed E-state index contributed by atoms with van der Waals surface area (Å²) in [4.78, 5) is 10.3. The summed E-state index contributed by atoms with van der Waals surface area (Å²) in [5, 5.41) is 20.2. The third kappa shape index (κ3) is 4.84. The Morgan fingerprint density at radius 2 is 1.88 bits per heavy atom. The van der Waals surface area contributed by atoms with Crippen LogP contribution in [-0.4, -0.2) is 18.1 Å². The largest absolute Gasteiger partial charge is 0.490 e. The van der Waals surface area contributed by atoms with Crippen molar-refractivity contribution in [2.24, 2.45) is 0 Å². The van der Waals surface area contributed by atoms with Gasteiger partial charge in [-0.15, -0.1) is 0 Å². The number of rotatable bonds is 8. The average Bonchev–Trinajstić information content (AvgIpc) is 2.65. The Morgan fingerprint density at radius 1 is 1.15 bits per heavy atom. The molecule has 0 radical (unpaired) electrons. The minimum Gasteiger partial charge on any atom is -0.490 e. The van der Waals surface area contributed by atoms with Gasteiger partial charge in [0.1, 0.15) is 0 Å². The molecule has 0 N–H and O–H groups in total. The van der Waals surface area contributed by atoms with Crippen LogP contribution in [0.2, 0.25) is 0 Å². The van der Waals surface area contributed by atoms with E-state index in [0.29, 0.717) is 35.8 Å². The first kappa shape index (κ1) is 19.0. The third-order valence-electron chi connectivity index (χ3n) is 3.55. The van der Waals surface area contributed by atoms with Crippen LogP contribution in [0.5, 0.6) is 11.5 Å². The summed E-state index contributed by atoms with van der Waals surface area (Å²) in [5.41, 5.74) is 1.79. The van der Waals surface area contributed by atoms with E-state index >= 15 is 0 Å². The lowest BCUT2D eigenvalue weighted by molar-refractivity contribution is -0.384. The number of non-ortho nitro benzene ring substituents is 1. The lowest BCUT2D eigenvalue weighted by Gasteiger charge is -2.12. The van der Waals surface area contributed by atoms with E-state index < -0.39 is 4.92 Å². The molecule has 6 heteroatoms. The van der Waals surface area contributed by atoms with E-state index in [4.69, 9.17) is 9.47 Å². The van der Waals surface area contributed by atoms with E-state index in [1.807, 2.05) is 32.0 Å². The van der Waals surface area contributed by atoms with Gasteiger partial charge in [-0.1, -0.05) is 13.0 Å². The predicted octanol–water partition coefficient (Wildman–Crippen LogP) is 4.85. The Bertz CT molecular complexity index is 836. The summed E-state index contributed by atoms with van der Waals surface area (Å²) in [5.74, 6) is 1.29. The summed E-state index contributed by atoms with van der Waals surface area (Å²) in [6, 6.07) is 13.5. The van der Waals surface area contributed by atoms with Gasteiger partial charge in [0.25, 0.3) is 5.69 Å². The number of benzene rings is 2. The van der Waals surface area contributed by atoms with Crippen LogP contribution in [0.15, 0.2) is 42.5 Å². The highest BCUT2D eigenvalue weighted by Crippen LogP contribution is 2.30. The van der Waals surface area contributed by atoms with Crippen molar-refractivity contribution >= 4 is 17.3 Å². The van der Waals surface area contributed by atoms with Crippen molar-refractivity contribution < 1.29 is 14.4 Å². The van der Waals surface area contributed by atoms with Crippen LogP contribution in [0.4, 0.5) is 5.69 Å². The third-order valence-corrected chi connectivity index (χ3v) is 3.55. The molecule has 6 nitrogen and oxygen atoms in total. The maximum atomic E-state index is 10.7. The quantitative estimate of drug-likeness (QED) is 0.293. The van der Waals surface area contributed by atoms with Crippen LogP contribution < -0.4 is 9.47 Å². The molecular formula is C20H20N2O4. The molecule has 26 heavy (non-hydrogen) atoms. The topological polar surface area (TPSA) is 85.4 Å². The van der Waals surface area contributed by atoms with Crippen molar-refractivity contribution in [1.82, 2.24) is 0 Å². The molecule has 2 aromatic rings. The second kappa shape index (κ2) is 9.23. The number of allylic oxidation sites excluding steroid dienone is 1. The molecule has 0 saturated heterocycles. The number of nitro groups is 1. The van der Waals surface area contributed by atoms with Crippen molar-refractivity contribution in [2.45, 2.75) is 20.3 Å². The predicted molar refractivity (Wildman–Crippen MR) is 100.0 cm³/mol. The first-order valence-corrected chi connectivity index (χ1v) is 8.35. The Hall–Kier alpha value is -3.33. The second-order valence-corrected chi connectivity index (χ2v) is 5.46. The standard InChI is InChI=1S/C20H20N2O4/c1-3-11-26-19-10-5-15(13-20(19)25-4-2)12-17(14-21)16-6-8-18(9-7-16)22(23)24/h5-10,12-13H,3-4,11H2,1-2H3. The molecule has 0 fully saturated rings. The minimum absolute atomic E-state index is 0.0119. The zero-order valence-corrected chi connectivity index (χ0v) is 14.8. The first-order chi connectivity index (χ1) is 12.6. The number of nitrogens with zero attached hydrogens (tertiary/aromatic N) is 2. The zero-order chi connectivity index (χ0) is 18.9. The van der Waals surface area contributed by atoms with Crippen molar-refractivity contribution in [3.8, 4) is 17.6 Å². The fourth-order valence-corrected chi connectivity index (χ4v) is 2.32. The Labute approximate surface area is 152 Å². The van der Waals surface area contributed by atoms with E-state index in [1.54, 1.807) is 18.2 Å². The normalized spacial score (nSPS) is 10.9. The monoisotopic (exact) mass is 352 g/mol. The highest BCUT2D eigenvalue weighted by molar-refractivity contribution is 5.90. The van der Waals surface area contributed by atoms with Crippen molar-refractivity contribution in [3.05, 3.63) is 63.7 Å². The number of hydrogen-bond acceptors (Lipinski definition) is 5. The van der Waals surface area contributed by atoms with Crippen LogP contribution in [0.1, 0.15) is 31.4 Å². The molecule has 0 aliphatic carbocycles. The van der Waals surface area contributed by atoms with Crippen LogP contribution in [0.25, 0.3) is 11.6 Å². The summed E-state index contributed by atoms with van der Waals surface area (Å²) >= 11 is 0. The number of ether oxygens (including phenoxy) is 2. The van der Waals surface area contributed by atoms with Crippen LogP contribution in [0, 0.1) is 21.4 Å². The van der Waals surface area contributed by atoms with E-state index in [-0.39, 0.29) is 5.69 Å². The summed E-state index contributed by atoms with van der Waals surface area (Å²) in [6.45, 7) is 5.02. The summed E-state index contributed by atoms with van der Waals surface area (Å²) < 4.78 is 11.3. The zero-order valence-electron chi connectivity index (χ0n) is 14.8. The van der Waals surface area contributed by atoms with Gasteiger partial charge >= 0.3 is 0 Å². The molecular weight excluding hydrogens is 332 g/mol. The fraction of sp³-hybridized carbons (Fsp3) is 0.250. The molecule has 0 amide bonds. The van der Waals surface area contributed by atoms with Gasteiger partial charge in [-0.2, -0.15) is 5.26 Å². The first-order valence-electron chi connectivity index (χ1n) is 8.35. The van der Waals surface area contributed by atoms with Crippen molar-refractivity contribution in [2.75, 3.05) is 13.2 Å². The van der Waals surface area contributed by atoms with E-state index in [9.17, 15) is 15.4 Å². The van der Waals surface area contributed by atoms with Gasteiger partial charge in [0.2, 0.25) is 0 Å². The fourth-order valence-electron chi connectivity index (χ4n) is 2.32. The van der Waals surface area contributed by atoms with Crippen molar-refractivity contribution in [3.63, 3.8) is 0 Å². The van der Waals surface area contributed by atoms with Gasteiger partial charge in [-0.25, -0.2) is 0 Å². The van der Waals surface area contributed by atoms with Crippen LogP contribution >= 0.6 is 0 Å². The highest BCUT2D eigenvalue weighted by atomic mass is 16.6. The molecule has 0 aromatic heterocycles. The van der Waals surface area contributed by atoms with E-state index in [0.717, 1.165) is 12.0 Å². The Kier molecular flexibility index (Phi) is 6.75. The minimum atomic E-state index is -0.469. The molecule has 0 aliphatic rings. The van der Waals surface area contributed by atoms with E-state index in [1.165, 1.54) is 12.1 Å². The molecule has 0 unspecified atom stereocenters. The van der Waals surface area contributed by atoms with Crippen molar-refractivity contribution in [1.29, 1.82) is 5.26 Å². The summed E-state index contributed by atoms with van der Waals surface area (Å²) in [7, 11) is 0. The van der Waals surface area contributed by atoms with Crippen LogP contribution in [-0.2, 0) is 0 Å². The Balaban J connectivity index is 2.34. The second-order valence-electron chi connectivity index (χ2n) is 5.46. The van der Waals surface area contributed by atoms with Gasteiger partial charge in [0, 0.05) is 12.1 Å². The number of nitro benzene ring substituents is 1. The maximum absolute atomic E-state index is 10.7. The van der Waals surface area contributed by atoms with Crippen LogP contribution in [0.3, 0.4) is 0 Å². The summed E-state index contributed by atoms with van der Waals surface area (Å²) in [6.07, 6.45) is 2.61. The van der Waals surface area contributed by atoms with Gasteiger partial charge in [-0.05, 0) is 54.8 Å². The molecule has 2 rings (SSSR count). The molecule has 134 valence electrons. The lowest BCUT2D eigenvalue weighted by atomic mass is 10.0. The highest BCUT2D eigenvalue weighted by Gasteiger charge is 2.09. The maximum Gasteiger partial charge on any atom is 0.269 e. The molecule has 0 heterocycles. The average molecular weight is 352 g/mol. The van der Waals surface area contributed by atoms with Gasteiger partial charge in [0.05, 0.1) is 29.8 Å². The lowest BCUT2D eigenvalue weighted by Crippen LogP contribution is -2.00. The SMILES string of the molecule is CCCOc1ccc(C=C(C#N)c2ccc([N+](=O)[O-])cc2)cc1OCC. The van der Waals surface area contributed by atoms with Gasteiger partial charge in [0.15, 0.2) is 11.5 Å². The molecule has 0 spiro atoms. The Morgan fingerprint density at radius 3 is 2.46 bits per heavy atom. The molecule has 0 bridgehead atoms. The number of hydrogen-bond donors (Lipinski definition) is 0. The van der Waals surface area contributed by atoms with E-state index in [2.05, 4.69) is 6.07 Å². The van der Waals surface area contributed by atoms with Gasteiger partial charge in [-0.3, -0.25) is 10.1 Å². The van der Waals surface area contributed by atoms with Gasteiger partial charge < -0.3 is 9.47 Å². The molecule has 0 saturated carbocycles. The molecule has 2 aromatic carbocycles. The smallest absolute Gasteiger partial charge is 0.269 e. The molecule has 0 atom stereocenters. The molecule has 0 aliphatic heterocycles.